The van der Waals surface area contributed by atoms with Gasteiger partial charge in [0.1, 0.15) is 0 Å². The van der Waals surface area contributed by atoms with E-state index in [-0.39, 0.29) is 12.0 Å². The van der Waals surface area contributed by atoms with Gasteiger partial charge in [0.05, 0.1) is 17.9 Å². The van der Waals surface area contributed by atoms with Crippen molar-refractivity contribution in [2.75, 3.05) is 5.32 Å². The van der Waals surface area contributed by atoms with Gasteiger partial charge in [-0.3, -0.25) is 5.32 Å². The minimum Gasteiger partial charge on any atom is -0.324 e. The number of aliphatic imine (C=N–C) groups is 1. The predicted molar refractivity (Wildman–Crippen MR) is 88.8 cm³/mol. The Hall–Kier alpha value is -2.24. The van der Waals surface area contributed by atoms with Crippen LogP contribution in [0.5, 0.6) is 0 Å². The Morgan fingerprint density at radius 1 is 1.38 bits per heavy atom. The van der Waals surface area contributed by atoms with Crippen molar-refractivity contribution in [3.05, 3.63) is 24.3 Å². The van der Waals surface area contributed by atoms with Crippen LogP contribution < -0.4 is 10.6 Å². The lowest BCUT2D eigenvalue weighted by atomic mass is 9.79. The third-order valence-electron chi connectivity index (χ3n) is 4.09. The maximum Gasteiger partial charge on any atom is 0.212 e. The zero-order chi connectivity index (χ0) is 18.0. The third-order valence-corrected chi connectivity index (χ3v) is 4.09. The summed E-state index contributed by atoms with van der Waals surface area (Å²) in [5.41, 5.74) is -0.355. The fraction of sp³-hybridized carbons (Fsp3) is 0.562. The lowest BCUT2D eigenvalue weighted by molar-refractivity contribution is -0.244. The van der Waals surface area contributed by atoms with Crippen LogP contribution in [0.2, 0.25) is 0 Å². The molecule has 3 N–H and O–H groups in total. The Bertz CT molecular complexity index is 632. The molecular weight excluding hydrogens is 311 g/mol. The number of rotatable bonds is 2. The van der Waals surface area contributed by atoms with Gasteiger partial charge in [0.25, 0.3) is 0 Å². The summed E-state index contributed by atoms with van der Waals surface area (Å²) in [7, 11) is 0. The average Bonchev–Trinajstić information content (AvgIpc) is 2.47. The van der Waals surface area contributed by atoms with Crippen LogP contribution in [0.25, 0.3) is 0 Å². The predicted octanol–water partition coefficient (Wildman–Crippen LogP) is 2.47. The van der Waals surface area contributed by atoms with E-state index >= 15 is 0 Å². The SMILES string of the molecule is CC1(C)CC(N=C(NC#N)Nc2ccc(F)nc2)CC(C)(C)N1O. The first-order valence-corrected chi connectivity index (χ1v) is 7.75. The largest absolute Gasteiger partial charge is 0.324 e. The van der Waals surface area contributed by atoms with E-state index in [1.807, 2.05) is 33.9 Å². The molecule has 1 aromatic rings. The van der Waals surface area contributed by atoms with E-state index in [4.69, 9.17) is 5.26 Å². The summed E-state index contributed by atoms with van der Waals surface area (Å²) < 4.78 is 12.9. The van der Waals surface area contributed by atoms with Crippen LogP contribution in [0.1, 0.15) is 40.5 Å². The molecule has 1 fully saturated rings. The number of piperidine rings is 1. The van der Waals surface area contributed by atoms with Gasteiger partial charge in [-0.1, -0.05) is 0 Å². The van der Waals surface area contributed by atoms with E-state index in [0.29, 0.717) is 18.5 Å². The van der Waals surface area contributed by atoms with Crippen molar-refractivity contribution >= 4 is 11.6 Å². The summed E-state index contributed by atoms with van der Waals surface area (Å²) in [5.74, 6) is -0.306. The normalized spacial score (nSPS) is 21.1. The Morgan fingerprint density at radius 3 is 2.50 bits per heavy atom. The molecule has 0 bridgehead atoms. The molecule has 2 rings (SSSR count). The minimum absolute atomic E-state index is 0.0878. The minimum atomic E-state index is -0.578. The lowest BCUT2D eigenvalue weighted by Crippen LogP contribution is -2.60. The standard InChI is InChI=1S/C16H23FN6O/c1-15(2)7-12(8-16(3,4)23(15)24)22-14(20-10-18)21-11-5-6-13(17)19-9-11/h5-6,9,12,24H,7-8H2,1-4H3,(H2,20,21,22). The highest BCUT2D eigenvalue weighted by Crippen LogP contribution is 2.37. The molecule has 0 aliphatic carbocycles. The number of hydrogen-bond donors (Lipinski definition) is 3. The van der Waals surface area contributed by atoms with Crippen molar-refractivity contribution in [1.82, 2.24) is 15.4 Å². The van der Waals surface area contributed by atoms with Crippen LogP contribution in [-0.2, 0) is 0 Å². The third kappa shape index (κ3) is 4.19. The van der Waals surface area contributed by atoms with Gasteiger partial charge in [0.15, 0.2) is 6.19 Å². The van der Waals surface area contributed by atoms with Crippen molar-refractivity contribution < 1.29 is 9.60 Å². The Morgan fingerprint density at radius 2 is 2.00 bits per heavy atom. The van der Waals surface area contributed by atoms with Crippen molar-refractivity contribution in [3.63, 3.8) is 0 Å². The van der Waals surface area contributed by atoms with E-state index in [9.17, 15) is 9.60 Å². The van der Waals surface area contributed by atoms with Gasteiger partial charge in [-0.2, -0.15) is 14.7 Å². The van der Waals surface area contributed by atoms with Gasteiger partial charge in [-0.25, -0.2) is 9.98 Å². The molecule has 130 valence electrons. The number of aromatic nitrogens is 1. The maximum atomic E-state index is 12.9. The Kier molecular flexibility index (Phi) is 5.06. The van der Waals surface area contributed by atoms with E-state index in [1.165, 1.54) is 23.4 Å². The highest BCUT2D eigenvalue weighted by molar-refractivity contribution is 5.94. The van der Waals surface area contributed by atoms with E-state index in [2.05, 4.69) is 20.6 Å². The molecule has 0 aromatic carbocycles. The molecule has 8 heteroatoms. The maximum absolute atomic E-state index is 12.9. The second-order valence-corrected chi connectivity index (χ2v) is 7.21. The first kappa shape index (κ1) is 18.1. The highest BCUT2D eigenvalue weighted by Gasteiger charge is 2.45. The second-order valence-electron chi connectivity index (χ2n) is 7.21. The summed E-state index contributed by atoms with van der Waals surface area (Å²) in [6.07, 6.45) is 4.43. The fourth-order valence-electron chi connectivity index (χ4n) is 3.23. The summed E-state index contributed by atoms with van der Waals surface area (Å²) >= 11 is 0. The molecule has 7 nitrogen and oxygen atoms in total. The van der Waals surface area contributed by atoms with Crippen LogP contribution in [-0.4, -0.2) is 38.3 Å². The van der Waals surface area contributed by atoms with Crippen LogP contribution in [0, 0.1) is 17.4 Å². The molecule has 1 saturated heterocycles. The Labute approximate surface area is 141 Å². The van der Waals surface area contributed by atoms with Crippen molar-refractivity contribution in [1.29, 1.82) is 5.26 Å². The molecular formula is C16H23FN6O. The molecule has 1 aliphatic rings. The number of hydrogen-bond acceptors (Lipinski definition) is 5. The molecule has 0 atom stereocenters. The van der Waals surface area contributed by atoms with Crippen molar-refractivity contribution in [2.45, 2.75) is 57.7 Å². The van der Waals surface area contributed by atoms with Gasteiger partial charge in [0.2, 0.25) is 11.9 Å². The summed E-state index contributed by atoms with van der Waals surface area (Å²) in [4.78, 5) is 8.14. The van der Waals surface area contributed by atoms with Gasteiger partial charge in [-0.15, -0.1) is 0 Å². The topological polar surface area (TPSA) is 96.6 Å². The molecule has 1 aliphatic heterocycles. The number of pyridine rings is 1. The molecule has 0 spiro atoms. The number of guanidine groups is 1. The van der Waals surface area contributed by atoms with E-state index in [0.717, 1.165) is 0 Å². The molecule has 0 amide bonds. The Balaban J connectivity index is 2.20. The van der Waals surface area contributed by atoms with Crippen LogP contribution >= 0.6 is 0 Å². The van der Waals surface area contributed by atoms with E-state index in [1.54, 1.807) is 0 Å². The number of anilines is 1. The van der Waals surface area contributed by atoms with Gasteiger partial charge in [-0.05, 0) is 52.7 Å². The molecule has 0 radical (unpaired) electrons. The second kappa shape index (κ2) is 6.71. The zero-order valence-corrected chi connectivity index (χ0v) is 14.3. The number of nitriles is 1. The van der Waals surface area contributed by atoms with Crippen LogP contribution in [0.3, 0.4) is 0 Å². The molecule has 24 heavy (non-hydrogen) atoms. The quantitative estimate of drug-likeness (QED) is 0.253. The summed E-state index contributed by atoms with van der Waals surface area (Å²) in [6, 6.07) is 2.65. The monoisotopic (exact) mass is 334 g/mol. The molecule has 0 unspecified atom stereocenters. The highest BCUT2D eigenvalue weighted by atomic mass is 19.1. The average molecular weight is 334 g/mol. The van der Waals surface area contributed by atoms with Crippen LogP contribution in [0.4, 0.5) is 10.1 Å². The van der Waals surface area contributed by atoms with Crippen molar-refractivity contribution in [2.24, 2.45) is 4.99 Å². The van der Waals surface area contributed by atoms with E-state index < -0.39 is 17.0 Å². The number of halogens is 1. The first-order chi connectivity index (χ1) is 11.1. The smallest absolute Gasteiger partial charge is 0.212 e. The fourth-order valence-corrected chi connectivity index (χ4v) is 3.23. The summed E-state index contributed by atoms with van der Waals surface area (Å²) in [6.45, 7) is 7.80. The first-order valence-electron chi connectivity index (χ1n) is 7.75. The number of hydroxylamine groups is 2. The van der Waals surface area contributed by atoms with Crippen molar-refractivity contribution in [3.8, 4) is 6.19 Å². The van der Waals surface area contributed by atoms with Gasteiger partial charge < -0.3 is 10.5 Å². The van der Waals surface area contributed by atoms with Gasteiger partial charge in [0, 0.05) is 11.1 Å². The number of nitrogens with one attached hydrogen (secondary N) is 2. The van der Waals surface area contributed by atoms with Gasteiger partial charge >= 0.3 is 0 Å². The molecule has 0 saturated carbocycles. The number of nitrogens with zero attached hydrogens (tertiary/aromatic N) is 4. The summed E-state index contributed by atoms with van der Waals surface area (Å²) in [5, 5.41) is 26.1. The van der Waals surface area contributed by atoms with Crippen LogP contribution in [0.15, 0.2) is 23.3 Å². The zero-order valence-electron chi connectivity index (χ0n) is 14.3. The molecule has 2 heterocycles. The lowest BCUT2D eigenvalue weighted by Gasteiger charge is -2.50. The molecule has 1 aromatic heterocycles.